The average Bonchev–Trinajstić information content (AvgIpc) is 2.48. The quantitative estimate of drug-likeness (QED) is 0.674. The van der Waals surface area contributed by atoms with Crippen molar-refractivity contribution in [3.05, 3.63) is 62.6 Å². The Hall–Kier alpha value is -2.41. The Morgan fingerprint density at radius 1 is 1.24 bits per heavy atom. The molecule has 6 nitrogen and oxygen atoms in total. The summed E-state index contributed by atoms with van der Waals surface area (Å²) in [7, 11) is 1.29. The van der Waals surface area contributed by atoms with Crippen molar-refractivity contribution in [3.8, 4) is 5.75 Å². The molecule has 1 amide bonds. The van der Waals surface area contributed by atoms with Crippen LogP contribution in [-0.2, 0) is 0 Å². The number of nitrogens with one attached hydrogen (secondary N) is 1. The van der Waals surface area contributed by atoms with Crippen molar-refractivity contribution in [1.82, 2.24) is 0 Å². The first-order valence-electron chi connectivity index (χ1n) is 5.91. The molecule has 0 atom stereocenters. The van der Waals surface area contributed by atoms with Crippen molar-refractivity contribution < 1.29 is 14.5 Å². The van der Waals surface area contributed by atoms with E-state index in [4.69, 9.17) is 4.74 Å². The number of rotatable bonds is 4. The summed E-state index contributed by atoms with van der Waals surface area (Å²) in [6.45, 7) is 0. The number of nitrogens with zero attached hydrogens (tertiary/aromatic N) is 1. The van der Waals surface area contributed by atoms with Gasteiger partial charge in [-0.2, -0.15) is 0 Å². The first-order chi connectivity index (χ1) is 10.0. The van der Waals surface area contributed by atoms with Crippen molar-refractivity contribution in [1.29, 1.82) is 0 Å². The number of hydrogen-bond acceptors (Lipinski definition) is 4. The smallest absolute Gasteiger partial charge is 0.311 e. The van der Waals surface area contributed by atoms with Crippen LogP contribution in [-0.4, -0.2) is 17.9 Å². The molecule has 0 saturated carbocycles. The maximum atomic E-state index is 12.2. The first kappa shape index (κ1) is 15.0. The van der Waals surface area contributed by atoms with Gasteiger partial charge in [-0.15, -0.1) is 0 Å². The molecular formula is C14H11BrN2O4. The summed E-state index contributed by atoms with van der Waals surface area (Å²) < 4.78 is 5.89. The van der Waals surface area contributed by atoms with Gasteiger partial charge in [-0.05, 0) is 30.3 Å². The number of nitro groups is 1. The van der Waals surface area contributed by atoms with Gasteiger partial charge in [0.05, 0.1) is 17.6 Å². The topological polar surface area (TPSA) is 81.5 Å². The maximum absolute atomic E-state index is 12.2. The highest BCUT2D eigenvalue weighted by Gasteiger charge is 2.22. The number of nitro benzene ring substituents is 1. The van der Waals surface area contributed by atoms with E-state index in [-0.39, 0.29) is 17.0 Å². The zero-order valence-electron chi connectivity index (χ0n) is 11.0. The predicted molar refractivity (Wildman–Crippen MR) is 81.7 cm³/mol. The van der Waals surface area contributed by atoms with Gasteiger partial charge in [-0.3, -0.25) is 14.9 Å². The van der Waals surface area contributed by atoms with Crippen molar-refractivity contribution in [2.45, 2.75) is 0 Å². The van der Waals surface area contributed by atoms with Crippen LogP contribution in [0.3, 0.4) is 0 Å². The molecule has 0 radical (unpaired) electrons. The van der Waals surface area contributed by atoms with Gasteiger partial charge in [0, 0.05) is 16.2 Å². The molecule has 0 aliphatic rings. The van der Waals surface area contributed by atoms with Crippen molar-refractivity contribution >= 4 is 33.2 Å². The second kappa shape index (κ2) is 6.36. The summed E-state index contributed by atoms with van der Waals surface area (Å²) in [5.74, 6) is -0.532. The number of anilines is 1. The predicted octanol–water partition coefficient (Wildman–Crippen LogP) is 3.62. The van der Waals surface area contributed by atoms with E-state index in [1.807, 2.05) is 0 Å². The lowest BCUT2D eigenvalue weighted by atomic mass is 10.1. The zero-order chi connectivity index (χ0) is 15.4. The molecular weight excluding hydrogens is 340 g/mol. The third-order valence-corrected chi connectivity index (χ3v) is 3.27. The molecule has 0 unspecified atom stereocenters. The molecule has 0 heterocycles. The third-order valence-electron chi connectivity index (χ3n) is 2.74. The number of hydrogen-bond donors (Lipinski definition) is 1. The minimum Gasteiger partial charge on any atom is -0.490 e. The van der Waals surface area contributed by atoms with Crippen LogP contribution in [0.25, 0.3) is 0 Å². The fourth-order valence-electron chi connectivity index (χ4n) is 1.79. The number of carbonyl (C=O) groups excluding carboxylic acids is 1. The van der Waals surface area contributed by atoms with Gasteiger partial charge in [0.1, 0.15) is 0 Å². The van der Waals surface area contributed by atoms with Gasteiger partial charge < -0.3 is 10.1 Å². The number of benzene rings is 2. The van der Waals surface area contributed by atoms with E-state index >= 15 is 0 Å². The van der Waals surface area contributed by atoms with Crippen LogP contribution >= 0.6 is 15.9 Å². The van der Waals surface area contributed by atoms with Crippen molar-refractivity contribution in [2.24, 2.45) is 0 Å². The largest absolute Gasteiger partial charge is 0.490 e. The Morgan fingerprint density at radius 2 is 1.90 bits per heavy atom. The van der Waals surface area contributed by atoms with Gasteiger partial charge in [-0.1, -0.05) is 22.0 Å². The van der Waals surface area contributed by atoms with E-state index in [9.17, 15) is 14.9 Å². The molecule has 0 saturated heterocycles. The molecule has 0 aliphatic heterocycles. The molecule has 1 N–H and O–H groups in total. The lowest BCUT2D eigenvalue weighted by Gasteiger charge is -2.09. The molecule has 21 heavy (non-hydrogen) atoms. The molecule has 0 bridgehead atoms. The van der Waals surface area contributed by atoms with Gasteiger partial charge >= 0.3 is 5.69 Å². The minimum atomic E-state index is -0.588. The Labute approximate surface area is 129 Å². The number of para-hydroxylation sites is 1. The van der Waals surface area contributed by atoms with Crippen LogP contribution in [0.1, 0.15) is 10.4 Å². The van der Waals surface area contributed by atoms with Crippen LogP contribution in [0, 0.1) is 10.1 Å². The summed E-state index contributed by atoms with van der Waals surface area (Å²) in [5, 5.41) is 13.6. The SMILES string of the molecule is COc1c(C(=O)Nc2ccc(Br)cc2)cccc1[N+](=O)[O-]. The zero-order valence-corrected chi connectivity index (χ0v) is 12.6. The molecule has 7 heteroatoms. The highest BCUT2D eigenvalue weighted by atomic mass is 79.9. The van der Waals surface area contributed by atoms with E-state index in [0.29, 0.717) is 5.69 Å². The molecule has 0 aliphatic carbocycles. The molecule has 2 aromatic rings. The summed E-state index contributed by atoms with van der Waals surface area (Å²) >= 11 is 3.30. The monoisotopic (exact) mass is 350 g/mol. The molecule has 2 rings (SSSR count). The number of amides is 1. The number of methoxy groups -OCH3 is 1. The lowest BCUT2D eigenvalue weighted by Crippen LogP contribution is -2.13. The Bertz CT molecular complexity index is 686. The summed E-state index contributed by atoms with van der Waals surface area (Å²) in [6.07, 6.45) is 0. The summed E-state index contributed by atoms with van der Waals surface area (Å²) in [5.41, 5.74) is 0.437. The van der Waals surface area contributed by atoms with Crippen LogP contribution in [0.2, 0.25) is 0 Å². The summed E-state index contributed by atoms with van der Waals surface area (Å²) in [6, 6.07) is 11.2. The van der Waals surface area contributed by atoms with Crippen LogP contribution in [0.4, 0.5) is 11.4 Å². The Kier molecular flexibility index (Phi) is 4.54. The Morgan fingerprint density at radius 3 is 2.48 bits per heavy atom. The van der Waals surface area contributed by atoms with Crippen LogP contribution in [0.15, 0.2) is 46.9 Å². The molecule has 0 fully saturated rings. The van der Waals surface area contributed by atoms with E-state index in [1.54, 1.807) is 24.3 Å². The van der Waals surface area contributed by atoms with E-state index in [0.717, 1.165) is 4.47 Å². The standard InChI is InChI=1S/C14H11BrN2O4/c1-21-13-11(3-2-4-12(13)17(19)20)14(18)16-10-7-5-9(15)6-8-10/h2-8H,1H3,(H,16,18). The van der Waals surface area contributed by atoms with E-state index in [2.05, 4.69) is 21.2 Å². The Balaban J connectivity index is 2.33. The highest BCUT2D eigenvalue weighted by molar-refractivity contribution is 9.10. The van der Waals surface area contributed by atoms with E-state index in [1.165, 1.54) is 25.3 Å². The highest BCUT2D eigenvalue weighted by Crippen LogP contribution is 2.31. The van der Waals surface area contributed by atoms with Crippen LogP contribution < -0.4 is 10.1 Å². The molecule has 0 spiro atoms. The molecule has 108 valence electrons. The minimum absolute atomic E-state index is 0.0582. The lowest BCUT2D eigenvalue weighted by molar-refractivity contribution is -0.385. The van der Waals surface area contributed by atoms with Crippen molar-refractivity contribution in [2.75, 3.05) is 12.4 Å². The van der Waals surface area contributed by atoms with Crippen LogP contribution in [0.5, 0.6) is 5.75 Å². The first-order valence-corrected chi connectivity index (χ1v) is 6.70. The number of carbonyl (C=O) groups is 1. The second-order valence-corrected chi connectivity index (χ2v) is 4.99. The summed E-state index contributed by atoms with van der Waals surface area (Å²) in [4.78, 5) is 22.6. The molecule has 0 aromatic heterocycles. The number of ether oxygens (including phenoxy) is 1. The van der Waals surface area contributed by atoms with Crippen molar-refractivity contribution in [3.63, 3.8) is 0 Å². The maximum Gasteiger partial charge on any atom is 0.311 e. The third kappa shape index (κ3) is 3.38. The fourth-order valence-corrected chi connectivity index (χ4v) is 2.06. The fraction of sp³-hybridized carbons (Fsp3) is 0.0714. The van der Waals surface area contributed by atoms with Gasteiger partial charge in [-0.25, -0.2) is 0 Å². The van der Waals surface area contributed by atoms with Gasteiger partial charge in [0.25, 0.3) is 5.91 Å². The molecule has 2 aromatic carbocycles. The number of halogens is 1. The average molecular weight is 351 g/mol. The second-order valence-electron chi connectivity index (χ2n) is 4.08. The van der Waals surface area contributed by atoms with E-state index < -0.39 is 10.8 Å². The van der Waals surface area contributed by atoms with Gasteiger partial charge in [0.15, 0.2) is 0 Å². The normalized spacial score (nSPS) is 10.0. The van der Waals surface area contributed by atoms with Gasteiger partial charge in [0.2, 0.25) is 5.75 Å².